The van der Waals surface area contributed by atoms with Gasteiger partial charge in [0.2, 0.25) is 5.91 Å². The molecule has 1 aromatic heterocycles. The zero-order valence-corrected chi connectivity index (χ0v) is 12.7. The normalized spacial score (nSPS) is 17.0. The molecule has 0 bridgehead atoms. The molecular weight excluding hydrogens is 294 g/mol. The molecule has 1 atom stereocenters. The first-order valence-corrected chi connectivity index (χ1v) is 7.56. The van der Waals surface area contributed by atoms with E-state index >= 15 is 0 Å². The Hall–Kier alpha value is -2.60. The molecule has 1 aliphatic heterocycles. The highest BCUT2D eigenvalue weighted by Gasteiger charge is 2.30. The van der Waals surface area contributed by atoms with Crippen molar-refractivity contribution < 1.29 is 14.0 Å². The van der Waals surface area contributed by atoms with Gasteiger partial charge in [-0.3, -0.25) is 14.5 Å². The van der Waals surface area contributed by atoms with Gasteiger partial charge < -0.3 is 15.1 Å². The summed E-state index contributed by atoms with van der Waals surface area (Å²) in [6.07, 6.45) is 2.94. The Balaban J connectivity index is 1.67. The summed E-state index contributed by atoms with van der Waals surface area (Å²) in [5, 5.41) is 0. The van der Waals surface area contributed by atoms with Gasteiger partial charge in [-0.05, 0) is 11.6 Å². The summed E-state index contributed by atoms with van der Waals surface area (Å²) in [5.74, 6) is -0.417. The minimum Gasteiger partial charge on any atom is -0.472 e. The minimum atomic E-state index is -0.456. The molecule has 2 amide bonds. The van der Waals surface area contributed by atoms with Crippen LogP contribution in [0.3, 0.4) is 0 Å². The van der Waals surface area contributed by atoms with Crippen LogP contribution in [0.4, 0.5) is 0 Å². The molecular formula is C17H19N3O3. The lowest BCUT2D eigenvalue weighted by Crippen LogP contribution is -2.51. The van der Waals surface area contributed by atoms with E-state index in [4.69, 9.17) is 10.2 Å². The van der Waals surface area contributed by atoms with Crippen LogP contribution < -0.4 is 5.73 Å². The quantitative estimate of drug-likeness (QED) is 0.921. The zero-order valence-electron chi connectivity index (χ0n) is 12.7. The van der Waals surface area contributed by atoms with Crippen molar-refractivity contribution in [1.82, 2.24) is 9.80 Å². The monoisotopic (exact) mass is 313 g/mol. The Labute approximate surface area is 134 Å². The molecule has 1 fully saturated rings. The van der Waals surface area contributed by atoms with Gasteiger partial charge in [-0.2, -0.15) is 0 Å². The first-order valence-electron chi connectivity index (χ1n) is 7.56. The maximum atomic E-state index is 12.3. The Morgan fingerprint density at radius 2 is 1.74 bits per heavy atom. The molecule has 0 spiro atoms. The predicted octanol–water partition coefficient (Wildman–Crippen LogP) is 1.26. The number of nitrogens with two attached hydrogens (primary N) is 1. The number of piperazine rings is 1. The number of carbonyl (C=O) groups is 2. The predicted molar refractivity (Wildman–Crippen MR) is 84.6 cm³/mol. The number of rotatable bonds is 4. The van der Waals surface area contributed by atoms with E-state index < -0.39 is 6.04 Å². The molecule has 2 aromatic rings. The fourth-order valence-electron chi connectivity index (χ4n) is 2.94. The van der Waals surface area contributed by atoms with E-state index in [1.807, 2.05) is 35.2 Å². The molecule has 1 unspecified atom stereocenters. The lowest BCUT2D eigenvalue weighted by atomic mass is 10.0. The van der Waals surface area contributed by atoms with Gasteiger partial charge in [0.1, 0.15) is 12.3 Å². The fraction of sp³-hybridized carbons (Fsp3) is 0.294. The molecule has 6 nitrogen and oxygen atoms in total. The van der Waals surface area contributed by atoms with Crippen molar-refractivity contribution in [3.8, 4) is 0 Å². The van der Waals surface area contributed by atoms with Crippen LogP contribution in [0.1, 0.15) is 22.0 Å². The van der Waals surface area contributed by atoms with Gasteiger partial charge in [-0.1, -0.05) is 30.3 Å². The second-order valence-electron chi connectivity index (χ2n) is 5.56. The Morgan fingerprint density at radius 3 is 2.30 bits per heavy atom. The van der Waals surface area contributed by atoms with Crippen LogP contribution >= 0.6 is 0 Å². The maximum absolute atomic E-state index is 12.3. The van der Waals surface area contributed by atoms with Crippen LogP contribution in [-0.2, 0) is 4.79 Å². The van der Waals surface area contributed by atoms with E-state index in [0.717, 1.165) is 5.56 Å². The van der Waals surface area contributed by atoms with Gasteiger partial charge in [-0.25, -0.2) is 0 Å². The molecule has 0 aliphatic carbocycles. The largest absolute Gasteiger partial charge is 0.472 e. The van der Waals surface area contributed by atoms with E-state index in [1.165, 1.54) is 12.5 Å². The number of amides is 2. The highest BCUT2D eigenvalue weighted by Crippen LogP contribution is 2.22. The van der Waals surface area contributed by atoms with E-state index in [1.54, 1.807) is 11.0 Å². The fourth-order valence-corrected chi connectivity index (χ4v) is 2.94. The molecule has 120 valence electrons. The molecule has 0 saturated carbocycles. The van der Waals surface area contributed by atoms with Crippen molar-refractivity contribution in [2.24, 2.45) is 5.73 Å². The number of hydrogen-bond donors (Lipinski definition) is 1. The topological polar surface area (TPSA) is 79.8 Å². The smallest absolute Gasteiger partial charge is 0.257 e. The Kier molecular flexibility index (Phi) is 4.43. The van der Waals surface area contributed by atoms with Crippen LogP contribution in [0.15, 0.2) is 53.3 Å². The average molecular weight is 313 g/mol. The first-order chi connectivity index (χ1) is 11.2. The van der Waals surface area contributed by atoms with Gasteiger partial charge in [0.25, 0.3) is 5.91 Å². The second kappa shape index (κ2) is 6.66. The van der Waals surface area contributed by atoms with Crippen LogP contribution in [0.25, 0.3) is 0 Å². The lowest BCUT2D eigenvalue weighted by molar-refractivity contribution is -0.124. The summed E-state index contributed by atoms with van der Waals surface area (Å²) in [4.78, 5) is 28.0. The van der Waals surface area contributed by atoms with Crippen molar-refractivity contribution >= 4 is 11.8 Å². The molecule has 6 heteroatoms. The molecule has 0 radical (unpaired) electrons. The van der Waals surface area contributed by atoms with Gasteiger partial charge in [0.05, 0.1) is 11.8 Å². The van der Waals surface area contributed by atoms with Gasteiger partial charge >= 0.3 is 0 Å². The van der Waals surface area contributed by atoms with E-state index in [9.17, 15) is 9.59 Å². The molecule has 3 rings (SSSR count). The van der Waals surface area contributed by atoms with Crippen molar-refractivity contribution in [2.75, 3.05) is 26.2 Å². The molecule has 1 aromatic carbocycles. The number of furan rings is 1. The van der Waals surface area contributed by atoms with E-state index in [0.29, 0.717) is 31.7 Å². The zero-order chi connectivity index (χ0) is 16.2. The molecule has 23 heavy (non-hydrogen) atoms. The summed E-state index contributed by atoms with van der Waals surface area (Å²) in [5.41, 5.74) is 7.03. The van der Waals surface area contributed by atoms with Crippen molar-refractivity contribution in [1.29, 1.82) is 0 Å². The van der Waals surface area contributed by atoms with Gasteiger partial charge in [-0.15, -0.1) is 0 Å². The van der Waals surface area contributed by atoms with Crippen molar-refractivity contribution in [2.45, 2.75) is 6.04 Å². The third-order valence-electron chi connectivity index (χ3n) is 4.12. The number of benzene rings is 1. The van der Waals surface area contributed by atoms with E-state index in [2.05, 4.69) is 0 Å². The van der Waals surface area contributed by atoms with E-state index in [-0.39, 0.29) is 11.8 Å². The standard InChI is InChI=1S/C17H19N3O3/c18-16(21)15(13-4-2-1-3-5-13)19-7-9-20(10-8-19)17(22)14-6-11-23-12-14/h1-6,11-12,15H,7-10H2,(H2,18,21). The molecule has 1 aliphatic rings. The highest BCUT2D eigenvalue weighted by molar-refractivity contribution is 5.93. The summed E-state index contributed by atoms with van der Waals surface area (Å²) in [6.45, 7) is 2.32. The van der Waals surface area contributed by atoms with Crippen LogP contribution in [0.5, 0.6) is 0 Å². The summed E-state index contributed by atoms with van der Waals surface area (Å²) in [7, 11) is 0. The lowest BCUT2D eigenvalue weighted by Gasteiger charge is -2.38. The number of hydrogen-bond acceptors (Lipinski definition) is 4. The summed E-state index contributed by atoms with van der Waals surface area (Å²) in [6, 6.07) is 10.7. The Morgan fingerprint density at radius 1 is 1.04 bits per heavy atom. The molecule has 2 heterocycles. The van der Waals surface area contributed by atoms with Crippen molar-refractivity contribution in [3.05, 3.63) is 60.1 Å². The number of nitrogens with zero attached hydrogens (tertiary/aromatic N) is 2. The molecule has 1 saturated heterocycles. The second-order valence-corrected chi connectivity index (χ2v) is 5.56. The van der Waals surface area contributed by atoms with Crippen LogP contribution in [0.2, 0.25) is 0 Å². The minimum absolute atomic E-state index is 0.0475. The summed E-state index contributed by atoms with van der Waals surface area (Å²) >= 11 is 0. The SMILES string of the molecule is NC(=O)C(c1ccccc1)N1CCN(C(=O)c2ccoc2)CC1. The molecule has 2 N–H and O–H groups in total. The highest BCUT2D eigenvalue weighted by atomic mass is 16.3. The maximum Gasteiger partial charge on any atom is 0.257 e. The third-order valence-corrected chi connectivity index (χ3v) is 4.12. The third kappa shape index (κ3) is 3.27. The summed E-state index contributed by atoms with van der Waals surface area (Å²) < 4.78 is 4.96. The Bertz CT molecular complexity index is 662. The van der Waals surface area contributed by atoms with Gasteiger partial charge in [0.15, 0.2) is 0 Å². The van der Waals surface area contributed by atoms with Crippen molar-refractivity contribution in [3.63, 3.8) is 0 Å². The number of carbonyl (C=O) groups excluding carboxylic acids is 2. The van der Waals surface area contributed by atoms with Crippen LogP contribution in [-0.4, -0.2) is 47.8 Å². The average Bonchev–Trinajstić information content (AvgIpc) is 3.10. The van der Waals surface area contributed by atoms with Gasteiger partial charge in [0, 0.05) is 26.2 Å². The number of primary amides is 1. The van der Waals surface area contributed by atoms with Crippen LogP contribution in [0, 0.1) is 0 Å². The first kappa shape index (κ1) is 15.3.